The van der Waals surface area contributed by atoms with Gasteiger partial charge in [0.2, 0.25) is 0 Å². The van der Waals surface area contributed by atoms with Gasteiger partial charge in [0, 0.05) is 55.9 Å². The van der Waals surface area contributed by atoms with Crippen LogP contribution in [0.4, 0.5) is 5.69 Å². The lowest BCUT2D eigenvalue weighted by molar-refractivity contribution is 0.317. The van der Waals surface area contributed by atoms with Gasteiger partial charge in [-0.05, 0) is 24.3 Å². The van der Waals surface area contributed by atoms with E-state index < -0.39 is 0 Å². The Kier molecular flexibility index (Phi) is 5.23. The van der Waals surface area contributed by atoms with Gasteiger partial charge in [0.05, 0.1) is 23.1 Å². The Morgan fingerprint density at radius 1 is 1.07 bits per heavy atom. The summed E-state index contributed by atoms with van der Waals surface area (Å²) in [5.41, 5.74) is 5.59. The summed E-state index contributed by atoms with van der Waals surface area (Å²) in [4.78, 5) is 24.9. The predicted molar refractivity (Wildman–Crippen MR) is 119 cm³/mol. The number of pyridine rings is 1. The fourth-order valence-corrected chi connectivity index (χ4v) is 5.03. The van der Waals surface area contributed by atoms with Crippen LogP contribution in [-0.4, -0.2) is 55.7 Å². The number of anilines is 1. The molecule has 150 valence electrons. The lowest BCUT2D eigenvalue weighted by Crippen LogP contribution is -2.46. The fraction of sp³-hybridized carbons (Fsp3) is 0.238. The van der Waals surface area contributed by atoms with E-state index in [2.05, 4.69) is 35.5 Å². The molecular weight excluding hydrogens is 416 g/mol. The maximum Gasteiger partial charge on any atom is 0.146 e. The summed E-state index contributed by atoms with van der Waals surface area (Å²) in [6.45, 7) is 3.17. The molecule has 4 heterocycles. The smallest absolute Gasteiger partial charge is 0.146 e. The summed E-state index contributed by atoms with van der Waals surface area (Å²) in [6.07, 6.45) is 4.01. The lowest BCUT2D eigenvalue weighted by Gasteiger charge is -2.37. The highest BCUT2D eigenvalue weighted by Gasteiger charge is 2.22. The summed E-state index contributed by atoms with van der Waals surface area (Å²) in [5.74, 6) is 2.16. The number of aromatic nitrogens is 4. The van der Waals surface area contributed by atoms with Crippen molar-refractivity contribution in [2.75, 3.05) is 31.1 Å². The minimum Gasteiger partial charge on any atom is -0.366 e. The topological polar surface area (TPSA) is 75.1 Å². The number of carbonyl (C=O) groups excluding carboxylic acids is 1. The van der Waals surface area contributed by atoms with E-state index in [-0.39, 0.29) is 0 Å². The molecule has 0 spiro atoms. The predicted octanol–water partition coefficient (Wildman–Crippen LogP) is 3.29. The number of nitrogens with zero attached hydrogens (tertiary/aromatic N) is 6. The maximum absolute atomic E-state index is 11.7. The Balaban J connectivity index is 1.26. The summed E-state index contributed by atoms with van der Waals surface area (Å²) in [5, 5.41) is 2.95. The van der Waals surface area contributed by atoms with Gasteiger partial charge < -0.3 is 9.80 Å². The van der Waals surface area contributed by atoms with Crippen molar-refractivity contribution in [1.82, 2.24) is 23.6 Å². The van der Waals surface area contributed by atoms with Crippen LogP contribution in [0.15, 0.2) is 53.8 Å². The number of rotatable bonds is 5. The van der Waals surface area contributed by atoms with Crippen LogP contribution in [0.1, 0.15) is 5.69 Å². The monoisotopic (exact) mass is 434 g/mol. The van der Waals surface area contributed by atoms with Gasteiger partial charge in [-0.15, -0.1) is 11.3 Å². The number of benzene rings is 1. The zero-order valence-corrected chi connectivity index (χ0v) is 17.7. The molecule has 9 heteroatoms. The average Bonchev–Trinajstić information content (AvgIpc) is 3.48. The van der Waals surface area contributed by atoms with Crippen molar-refractivity contribution in [2.45, 2.75) is 6.42 Å². The van der Waals surface area contributed by atoms with E-state index in [1.54, 1.807) is 23.7 Å². The van der Waals surface area contributed by atoms with E-state index in [1.165, 1.54) is 11.7 Å². The average molecular weight is 435 g/mol. The Labute approximate surface area is 181 Å². The second-order valence-electron chi connectivity index (χ2n) is 6.99. The Bertz CT molecular complexity index is 1210. The van der Waals surface area contributed by atoms with Gasteiger partial charge in [-0.2, -0.15) is 8.75 Å². The number of thiazole rings is 1. The third kappa shape index (κ3) is 3.70. The molecule has 0 atom stereocenters. The third-order valence-corrected chi connectivity index (χ3v) is 6.69. The van der Waals surface area contributed by atoms with E-state index >= 15 is 0 Å². The zero-order chi connectivity index (χ0) is 20.3. The largest absolute Gasteiger partial charge is 0.366 e. The molecule has 5 rings (SSSR count). The molecule has 30 heavy (non-hydrogen) atoms. The molecule has 1 saturated heterocycles. The van der Waals surface area contributed by atoms with Crippen LogP contribution in [0.2, 0.25) is 0 Å². The van der Waals surface area contributed by atoms with Gasteiger partial charge in [-0.1, -0.05) is 6.07 Å². The molecule has 1 aliphatic rings. The molecule has 1 aromatic carbocycles. The molecule has 4 aromatic rings. The van der Waals surface area contributed by atoms with Crippen molar-refractivity contribution in [3.05, 3.63) is 59.5 Å². The van der Waals surface area contributed by atoms with Gasteiger partial charge in [0.25, 0.3) is 0 Å². The minimum absolute atomic E-state index is 0.497. The van der Waals surface area contributed by atoms with Crippen molar-refractivity contribution < 1.29 is 4.79 Å². The van der Waals surface area contributed by atoms with E-state index in [1.807, 2.05) is 29.6 Å². The molecule has 0 N–H and O–H groups in total. The Morgan fingerprint density at radius 2 is 1.90 bits per heavy atom. The molecule has 1 fully saturated rings. The normalized spacial score (nSPS) is 14.1. The quantitative estimate of drug-likeness (QED) is 0.446. The number of hydrogen-bond donors (Lipinski definition) is 0. The van der Waals surface area contributed by atoms with Gasteiger partial charge in [-0.25, -0.2) is 9.78 Å². The first-order valence-electron chi connectivity index (χ1n) is 9.62. The molecular formula is C21H18N6OS2. The van der Waals surface area contributed by atoms with Gasteiger partial charge in [-0.3, -0.25) is 4.98 Å². The standard InChI is InChI=1S/C21H18N6OS2/c28-13-17(12-16-14-29-21(23-16)15-4-6-22-7-5-15)26-8-10-27(11-9-26)19-3-1-2-18-20(19)25-30-24-18/h1-7,14H,8-12H2. The molecule has 3 aromatic heterocycles. The summed E-state index contributed by atoms with van der Waals surface area (Å²) in [7, 11) is 0. The second-order valence-corrected chi connectivity index (χ2v) is 8.38. The van der Waals surface area contributed by atoms with Crippen LogP contribution in [0, 0.1) is 0 Å². The maximum atomic E-state index is 11.7. The Morgan fingerprint density at radius 3 is 2.70 bits per heavy atom. The fourth-order valence-electron chi connectivity index (χ4n) is 3.66. The van der Waals surface area contributed by atoms with Crippen molar-refractivity contribution in [3.8, 4) is 10.6 Å². The molecule has 0 radical (unpaired) electrons. The van der Waals surface area contributed by atoms with E-state index in [4.69, 9.17) is 4.98 Å². The van der Waals surface area contributed by atoms with Gasteiger partial charge >= 0.3 is 0 Å². The van der Waals surface area contributed by atoms with Crippen molar-refractivity contribution in [2.24, 2.45) is 0 Å². The summed E-state index contributed by atoms with van der Waals surface area (Å²) < 4.78 is 8.77. The highest BCUT2D eigenvalue weighted by molar-refractivity contribution is 7.13. The number of fused-ring (bicyclic) bond motifs is 1. The molecule has 0 bridgehead atoms. The summed E-state index contributed by atoms with van der Waals surface area (Å²) >= 11 is 2.82. The minimum atomic E-state index is 0.497. The third-order valence-electron chi connectivity index (χ3n) is 5.21. The van der Waals surface area contributed by atoms with Crippen LogP contribution in [0.25, 0.3) is 21.6 Å². The van der Waals surface area contributed by atoms with Crippen molar-refractivity contribution in [1.29, 1.82) is 0 Å². The molecule has 1 aliphatic heterocycles. The SMILES string of the molecule is O=C=C(Cc1csc(-c2ccncc2)n1)N1CCN(c2cccc3nsnc23)CC1. The Hall–Kier alpha value is -3.13. The number of piperazine rings is 1. The first kappa shape index (κ1) is 18.9. The lowest BCUT2D eigenvalue weighted by atomic mass is 10.2. The van der Waals surface area contributed by atoms with Crippen LogP contribution < -0.4 is 4.90 Å². The van der Waals surface area contributed by atoms with Crippen LogP contribution in [0.5, 0.6) is 0 Å². The van der Waals surface area contributed by atoms with Crippen molar-refractivity contribution >= 4 is 45.7 Å². The number of hydrogen-bond acceptors (Lipinski definition) is 9. The first-order chi connectivity index (χ1) is 14.8. The molecule has 0 saturated carbocycles. The van der Waals surface area contributed by atoms with E-state index in [0.717, 1.165) is 59.2 Å². The molecule has 7 nitrogen and oxygen atoms in total. The zero-order valence-electron chi connectivity index (χ0n) is 16.1. The van der Waals surface area contributed by atoms with E-state index in [0.29, 0.717) is 12.1 Å². The highest BCUT2D eigenvalue weighted by atomic mass is 32.1. The molecule has 0 amide bonds. The summed E-state index contributed by atoms with van der Waals surface area (Å²) in [6, 6.07) is 9.98. The second kappa shape index (κ2) is 8.31. The van der Waals surface area contributed by atoms with Crippen molar-refractivity contribution in [3.63, 3.8) is 0 Å². The van der Waals surface area contributed by atoms with Gasteiger partial charge in [0.15, 0.2) is 0 Å². The van der Waals surface area contributed by atoms with Crippen LogP contribution in [-0.2, 0) is 11.2 Å². The number of allylic oxidation sites excluding steroid dienone is 1. The van der Waals surface area contributed by atoms with Gasteiger partial charge in [0.1, 0.15) is 27.7 Å². The van der Waals surface area contributed by atoms with Crippen LogP contribution >= 0.6 is 23.1 Å². The molecule has 0 aliphatic carbocycles. The first-order valence-corrected chi connectivity index (χ1v) is 11.2. The van der Waals surface area contributed by atoms with Crippen LogP contribution in [0.3, 0.4) is 0 Å². The van der Waals surface area contributed by atoms with E-state index in [9.17, 15) is 4.79 Å². The molecule has 0 unspecified atom stereocenters. The highest BCUT2D eigenvalue weighted by Crippen LogP contribution is 2.27.